The van der Waals surface area contributed by atoms with Crippen molar-refractivity contribution in [2.45, 2.75) is 0 Å². The van der Waals surface area contributed by atoms with Gasteiger partial charge >= 0.3 is 0 Å². The fraction of sp³-hybridized carbons (Fsp3) is 0. The zero-order chi connectivity index (χ0) is 10.3. The standard InChI is InChI=1S/C10H7NO3/c11-5-1-2-6-7(3-5)8(12)4-9(13)10(6)14/h1-4,13H,11H2. The average Bonchev–Trinajstić information content (AvgIpc) is 2.14. The van der Waals surface area contributed by atoms with Crippen molar-refractivity contribution in [1.29, 1.82) is 0 Å². The minimum absolute atomic E-state index is 0.198. The summed E-state index contributed by atoms with van der Waals surface area (Å²) in [5.74, 6) is -1.46. The predicted molar refractivity (Wildman–Crippen MR) is 50.2 cm³/mol. The number of aliphatic hydroxyl groups excluding tert-OH is 1. The van der Waals surface area contributed by atoms with Gasteiger partial charge in [0.15, 0.2) is 11.5 Å². The van der Waals surface area contributed by atoms with Gasteiger partial charge in [-0.3, -0.25) is 9.59 Å². The number of carbonyl (C=O) groups is 2. The van der Waals surface area contributed by atoms with Gasteiger partial charge in [0.2, 0.25) is 5.78 Å². The summed E-state index contributed by atoms with van der Waals surface area (Å²) in [6.07, 6.45) is 0.907. The highest BCUT2D eigenvalue weighted by Gasteiger charge is 2.24. The zero-order valence-corrected chi connectivity index (χ0v) is 7.15. The van der Waals surface area contributed by atoms with Gasteiger partial charge in [0.1, 0.15) is 0 Å². The molecule has 0 amide bonds. The van der Waals surface area contributed by atoms with Gasteiger partial charge in [-0.2, -0.15) is 0 Å². The summed E-state index contributed by atoms with van der Waals surface area (Å²) in [6, 6.07) is 4.38. The van der Waals surface area contributed by atoms with Crippen molar-refractivity contribution in [2.24, 2.45) is 0 Å². The van der Waals surface area contributed by atoms with Crippen molar-refractivity contribution < 1.29 is 14.7 Å². The number of Topliss-reactive ketones (excluding diaryl/α,β-unsaturated/α-hetero) is 1. The van der Waals surface area contributed by atoms with E-state index < -0.39 is 17.3 Å². The van der Waals surface area contributed by atoms with Crippen LogP contribution in [0.1, 0.15) is 20.7 Å². The van der Waals surface area contributed by atoms with E-state index >= 15 is 0 Å². The highest BCUT2D eigenvalue weighted by molar-refractivity contribution is 6.23. The predicted octanol–water partition coefficient (Wildman–Crippen LogP) is 1.09. The number of ketones is 2. The van der Waals surface area contributed by atoms with Gasteiger partial charge in [-0.1, -0.05) is 0 Å². The lowest BCUT2D eigenvalue weighted by atomic mass is 9.93. The van der Waals surface area contributed by atoms with E-state index in [2.05, 4.69) is 0 Å². The van der Waals surface area contributed by atoms with Crippen LogP contribution in [0.3, 0.4) is 0 Å². The number of nitrogen functional groups attached to an aromatic ring is 1. The molecule has 4 heteroatoms. The van der Waals surface area contributed by atoms with E-state index in [1.165, 1.54) is 18.2 Å². The van der Waals surface area contributed by atoms with Crippen LogP contribution >= 0.6 is 0 Å². The molecule has 4 nitrogen and oxygen atoms in total. The first-order valence-electron chi connectivity index (χ1n) is 3.99. The number of benzene rings is 1. The number of allylic oxidation sites excluding steroid dienone is 2. The number of fused-ring (bicyclic) bond motifs is 1. The molecule has 0 saturated carbocycles. The Morgan fingerprint density at radius 2 is 1.86 bits per heavy atom. The average molecular weight is 189 g/mol. The van der Waals surface area contributed by atoms with Gasteiger partial charge < -0.3 is 10.8 Å². The lowest BCUT2D eigenvalue weighted by Gasteiger charge is -2.11. The molecule has 0 heterocycles. The highest BCUT2D eigenvalue weighted by Crippen LogP contribution is 2.21. The van der Waals surface area contributed by atoms with Crippen LogP contribution in [0.4, 0.5) is 5.69 Å². The third-order valence-electron chi connectivity index (χ3n) is 2.05. The molecule has 0 fully saturated rings. The van der Waals surface area contributed by atoms with E-state index in [-0.39, 0.29) is 11.1 Å². The Bertz CT molecular complexity index is 474. The fourth-order valence-electron chi connectivity index (χ4n) is 1.37. The maximum atomic E-state index is 11.4. The molecule has 3 N–H and O–H groups in total. The molecule has 1 aromatic rings. The number of anilines is 1. The quantitative estimate of drug-likeness (QED) is 0.598. The molecule has 0 aromatic heterocycles. The Morgan fingerprint density at radius 3 is 2.57 bits per heavy atom. The molecule has 1 aliphatic rings. The van der Waals surface area contributed by atoms with Crippen LogP contribution in [0.25, 0.3) is 0 Å². The monoisotopic (exact) mass is 189 g/mol. The van der Waals surface area contributed by atoms with Crippen molar-refractivity contribution in [3.8, 4) is 0 Å². The van der Waals surface area contributed by atoms with Gasteiger partial charge in [-0.15, -0.1) is 0 Å². The van der Waals surface area contributed by atoms with Crippen LogP contribution in [-0.4, -0.2) is 16.7 Å². The summed E-state index contributed by atoms with van der Waals surface area (Å²) < 4.78 is 0. The molecule has 0 radical (unpaired) electrons. The number of rotatable bonds is 0. The highest BCUT2D eigenvalue weighted by atomic mass is 16.3. The van der Waals surface area contributed by atoms with Crippen molar-refractivity contribution in [3.05, 3.63) is 41.2 Å². The van der Waals surface area contributed by atoms with E-state index in [1.807, 2.05) is 0 Å². The van der Waals surface area contributed by atoms with Gasteiger partial charge in [0.25, 0.3) is 0 Å². The molecule has 1 aromatic carbocycles. The van der Waals surface area contributed by atoms with Crippen molar-refractivity contribution >= 4 is 17.3 Å². The van der Waals surface area contributed by atoms with Crippen molar-refractivity contribution in [3.63, 3.8) is 0 Å². The fourth-order valence-corrected chi connectivity index (χ4v) is 1.37. The molecule has 14 heavy (non-hydrogen) atoms. The molecule has 0 atom stereocenters. The first-order valence-corrected chi connectivity index (χ1v) is 3.99. The molecule has 0 bridgehead atoms. The summed E-state index contributed by atoms with van der Waals surface area (Å²) in [5, 5.41) is 9.12. The lowest BCUT2D eigenvalue weighted by Crippen LogP contribution is -2.16. The summed E-state index contributed by atoms with van der Waals surface area (Å²) in [7, 11) is 0. The Balaban J connectivity index is 2.69. The zero-order valence-electron chi connectivity index (χ0n) is 7.15. The van der Waals surface area contributed by atoms with E-state index in [9.17, 15) is 9.59 Å². The van der Waals surface area contributed by atoms with E-state index in [0.717, 1.165) is 6.08 Å². The normalized spacial score (nSPS) is 15.0. The number of hydrogen-bond donors (Lipinski definition) is 2. The van der Waals surface area contributed by atoms with Crippen LogP contribution in [0.5, 0.6) is 0 Å². The van der Waals surface area contributed by atoms with Gasteiger partial charge in [0, 0.05) is 22.9 Å². The number of nitrogens with two attached hydrogens (primary N) is 1. The maximum absolute atomic E-state index is 11.4. The van der Waals surface area contributed by atoms with Crippen molar-refractivity contribution in [2.75, 3.05) is 5.73 Å². The first kappa shape index (κ1) is 8.50. The minimum atomic E-state index is -0.542. The minimum Gasteiger partial charge on any atom is -0.504 e. The van der Waals surface area contributed by atoms with E-state index in [1.54, 1.807) is 0 Å². The van der Waals surface area contributed by atoms with Gasteiger partial charge in [0.05, 0.1) is 0 Å². The second-order valence-corrected chi connectivity index (χ2v) is 3.03. The largest absolute Gasteiger partial charge is 0.504 e. The molecule has 2 rings (SSSR count). The molecule has 0 saturated heterocycles. The first-order chi connectivity index (χ1) is 6.59. The van der Waals surface area contributed by atoms with Gasteiger partial charge in [-0.05, 0) is 18.2 Å². The van der Waals surface area contributed by atoms with E-state index in [4.69, 9.17) is 10.8 Å². The molecule has 0 aliphatic heterocycles. The maximum Gasteiger partial charge on any atom is 0.228 e. The molecular weight excluding hydrogens is 182 g/mol. The lowest BCUT2D eigenvalue weighted by molar-refractivity contribution is 0.0939. The number of carbonyl (C=O) groups excluding carboxylic acids is 2. The molecule has 70 valence electrons. The second kappa shape index (κ2) is 2.70. The van der Waals surface area contributed by atoms with Crippen LogP contribution < -0.4 is 5.73 Å². The number of aliphatic hydroxyl groups is 1. The van der Waals surface area contributed by atoms with Crippen LogP contribution in [0.15, 0.2) is 30.0 Å². The Hall–Kier alpha value is -2.10. The summed E-state index contributed by atoms with van der Waals surface area (Å²) in [4.78, 5) is 22.7. The second-order valence-electron chi connectivity index (χ2n) is 3.03. The summed E-state index contributed by atoms with van der Waals surface area (Å²) >= 11 is 0. The Morgan fingerprint density at radius 1 is 1.14 bits per heavy atom. The topological polar surface area (TPSA) is 80.4 Å². The van der Waals surface area contributed by atoms with E-state index in [0.29, 0.717) is 5.69 Å². The molecule has 0 spiro atoms. The third kappa shape index (κ3) is 1.08. The third-order valence-corrected chi connectivity index (χ3v) is 2.05. The van der Waals surface area contributed by atoms with Gasteiger partial charge in [-0.25, -0.2) is 0 Å². The van der Waals surface area contributed by atoms with Crippen molar-refractivity contribution in [1.82, 2.24) is 0 Å². The Kier molecular flexibility index (Phi) is 1.64. The Labute approximate surface area is 79.7 Å². The SMILES string of the molecule is Nc1ccc2c(c1)C(=O)C=C(O)C2=O. The number of hydrogen-bond acceptors (Lipinski definition) is 4. The summed E-state index contributed by atoms with van der Waals surface area (Å²) in [6.45, 7) is 0. The van der Waals surface area contributed by atoms with Crippen LogP contribution in [0, 0.1) is 0 Å². The smallest absolute Gasteiger partial charge is 0.228 e. The molecular formula is C10H7NO3. The summed E-state index contributed by atoms with van der Waals surface area (Å²) in [5.41, 5.74) is 6.34. The molecule has 1 aliphatic carbocycles. The van der Waals surface area contributed by atoms with Crippen LogP contribution in [-0.2, 0) is 0 Å². The van der Waals surface area contributed by atoms with Crippen LogP contribution in [0.2, 0.25) is 0 Å². The molecule has 0 unspecified atom stereocenters.